The van der Waals surface area contributed by atoms with E-state index in [2.05, 4.69) is 4.18 Å². The Labute approximate surface area is 171 Å². The van der Waals surface area contributed by atoms with E-state index in [-0.39, 0.29) is 5.56 Å². The summed E-state index contributed by atoms with van der Waals surface area (Å²) < 4.78 is 184. The van der Waals surface area contributed by atoms with Crippen molar-refractivity contribution in [2.24, 2.45) is 0 Å². The molecule has 0 amide bonds. The zero-order chi connectivity index (χ0) is 25.6. The van der Waals surface area contributed by atoms with E-state index in [0.717, 1.165) is 19.1 Å². The van der Waals surface area contributed by atoms with Gasteiger partial charge in [0.2, 0.25) is 0 Å². The summed E-state index contributed by atoms with van der Waals surface area (Å²) in [6.45, 7) is -2.22. The molecule has 1 aromatic rings. The van der Waals surface area contributed by atoms with Crippen LogP contribution in [0.2, 0.25) is 0 Å². The molecule has 0 aromatic heterocycles. The Morgan fingerprint density at radius 3 is 1.66 bits per heavy atom. The van der Waals surface area contributed by atoms with Gasteiger partial charge in [0.15, 0.2) is 5.78 Å². The predicted octanol–water partition coefficient (Wildman–Crippen LogP) is 5.04. The molecule has 0 unspecified atom stereocenters. The second-order valence-electron chi connectivity index (χ2n) is 6.15. The lowest BCUT2D eigenvalue weighted by Gasteiger charge is -2.38. The standard InChI is InChI=1S/C15H10F12O4S/c1-7(28)8-2-4-9(5-3-8)32(29,30)31-6-11(18,19)13(22,23)15(26,27)14(24,25)12(20,21)10(16)17/h2-5,10H,6H2,1H3. The summed E-state index contributed by atoms with van der Waals surface area (Å²) in [5, 5.41) is 0. The minimum atomic E-state index is -7.79. The van der Waals surface area contributed by atoms with Gasteiger partial charge in [0, 0.05) is 5.56 Å². The largest absolute Gasteiger partial charge is 0.384 e. The van der Waals surface area contributed by atoms with Crippen molar-refractivity contribution in [3.63, 3.8) is 0 Å². The van der Waals surface area contributed by atoms with Crippen LogP contribution in [0.3, 0.4) is 0 Å². The number of alkyl halides is 12. The molecular weight excluding hydrogens is 504 g/mol. The van der Waals surface area contributed by atoms with Gasteiger partial charge in [-0.3, -0.25) is 8.98 Å². The minimum Gasteiger partial charge on any atom is -0.295 e. The van der Waals surface area contributed by atoms with E-state index in [4.69, 9.17) is 0 Å². The third kappa shape index (κ3) is 4.53. The van der Waals surface area contributed by atoms with Crippen LogP contribution in [0.25, 0.3) is 0 Å². The van der Waals surface area contributed by atoms with E-state index >= 15 is 0 Å². The van der Waals surface area contributed by atoms with Gasteiger partial charge in [0.1, 0.15) is 6.61 Å². The molecule has 0 aliphatic carbocycles. The van der Waals surface area contributed by atoms with Crippen LogP contribution in [0, 0.1) is 0 Å². The highest BCUT2D eigenvalue weighted by Crippen LogP contribution is 2.58. The minimum absolute atomic E-state index is 0.109. The quantitative estimate of drug-likeness (QED) is 0.250. The number of hydrogen-bond acceptors (Lipinski definition) is 4. The van der Waals surface area contributed by atoms with Crippen molar-refractivity contribution in [3.05, 3.63) is 29.8 Å². The van der Waals surface area contributed by atoms with Crippen molar-refractivity contribution in [3.8, 4) is 0 Å². The molecule has 32 heavy (non-hydrogen) atoms. The maximum Gasteiger partial charge on any atom is 0.384 e. The molecule has 0 N–H and O–H groups in total. The summed E-state index contributed by atoms with van der Waals surface area (Å²) in [7, 11) is -5.44. The molecule has 0 radical (unpaired) electrons. The summed E-state index contributed by atoms with van der Waals surface area (Å²) in [6, 6.07) is 2.72. The molecule has 0 aliphatic rings. The SMILES string of the molecule is CC(=O)c1ccc(S(=O)(=O)OCC(F)(F)C(F)(F)C(F)(F)C(F)(F)C(F)(F)C(F)F)cc1. The molecule has 0 fully saturated rings. The molecule has 0 heterocycles. The van der Waals surface area contributed by atoms with Crippen LogP contribution in [-0.4, -0.2) is 56.8 Å². The highest BCUT2D eigenvalue weighted by molar-refractivity contribution is 7.86. The zero-order valence-electron chi connectivity index (χ0n) is 15.2. The maximum atomic E-state index is 13.6. The Kier molecular flexibility index (Phi) is 7.34. The first-order valence-corrected chi connectivity index (χ1v) is 9.15. The van der Waals surface area contributed by atoms with Gasteiger partial charge in [-0.25, -0.2) is 8.78 Å². The Morgan fingerprint density at radius 2 is 1.28 bits per heavy atom. The van der Waals surface area contributed by atoms with Gasteiger partial charge in [0.05, 0.1) is 4.90 Å². The second-order valence-corrected chi connectivity index (χ2v) is 7.76. The number of Topliss-reactive ketones (excluding diaryl/α,β-unsaturated/α-hetero) is 1. The number of ketones is 1. The van der Waals surface area contributed by atoms with Gasteiger partial charge in [-0.15, -0.1) is 0 Å². The molecule has 184 valence electrons. The number of benzene rings is 1. The van der Waals surface area contributed by atoms with Crippen LogP contribution in [0.5, 0.6) is 0 Å². The van der Waals surface area contributed by atoms with Crippen LogP contribution in [-0.2, 0) is 14.3 Å². The van der Waals surface area contributed by atoms with E-state index < -0.39 is 63.4 Å². The third-order valence-electron chi connectivity index (χ3n) is 3.89. The predicted molar refractivity (Wildman–Crippen MR) is 80.3 cm³/mol. The fraction of sp³-hybridized carbons (Fsp3) is 0.533. The average Bonchev–Trinajstić information content (AvgIpc) is 2.65. The molecule has 17 heteroatoms. The zero-order valence-corrected chi connectivity index (χ0v) is 16.0. The van der Waals surface area contributed by atoms with Crippen LogP contribution >= 0.6 is 0 Å². The van der Waals surface area contributed by atoms with E-state index in [1.54, 1.807) is 0 Å². The van der Waals surface area contributed by atoms with Crippen molar-refractivity contribution in [2.75, 3.05) is 6.61 Å². The molecule has 0 saturated heterocycles. The molecule has 0 saturated carbocycles. The van der Waals surface area contributed by atoms with E-state index in [1.807, 2.05) is 0 Å². The van der Waals surface area contributed by atoms with Gasteiger partial charge in [-0.2, -0.15) is 52.3 Å². The van der Waals surface area contributed by atoms with Crippen molar-refractivity contribution < 1.29 is 70.1 Å². The topological polar surface area (TPSA) is 60.4 Å². The van der Waals surface area contributed by atoms with Gasteiger partial charge in [-0.05, 0) is 19.1 Å². The second kappa shape index (κ2) is 8.39. The van der Waals surface area contributed by atoms with E-state index in [9.17, 15) is 65.9 Å². The summed E-state index contributed by atoms with van der Waals surface area (Å²) in [6.07, 6.45) is -5.65. The Morgan fingerprint density at radius 1 is 0.844 bits per heavy atom. The number of carbonyl (C=O) groups excluding carboxylic acids is 1. The van der Waals surface area contributed by atoms with Gasteiger partial charge in [-0.1, -0.05) is 12.1 Å². The number of hydrogen-bond donors (Lipinski definition) is 0. The summed E-state index contributed by atoms with van der Waals surface area (Å²) in [5.41, 5.74) is -0.109. The van der Waals surface area contributed by atoms with E-state index in [1.165, 1.54) is 0 Å². The van der Waals surface area contributed by atoms with Crippen molar-refractivity contribution in [1.29, 1.82) is 0 Å². The lowest BCUT2D eigenvalue weighted by molar-refractivity contribution is -0.414. The molecule has 0 atom stereocenters. The molecule has 0 spiro atoms. The average molecular weight is 514 g/mol. The lowest BCUT2D eigenvalue weighted by atomic mass is 9.95. The van der Waals surface area contributed by atoms with Crippen LogP contribution in [0.15, 0.2) is 29.2 Å². The first-order chi connectivity index (χ1) is 14.1. The fourth-order valence-corrected chi connectivity index (χ4v) is 2.85. The van der Waals surface area contributed by atoms with Gasteiger partial charge < -0.3 is 0 Å². The molecule has 0 aliphatic heterocycles. The summed E-state index contributed by atoms with van der Waals surface area (Å²) in [5.74, 6) is -37.3. The van der Waals surface area contributed by atoms with Crippen LogP contribution in [0.4, 0.5) is 52.7 Å². The fourth-order valence-electron chi connectivity index (χ4n) is 1.94. The molecular formula is C15H10F12O4S. The monoisotopic (exact) mass is 514 g/mol. The highest BCUT2D eigenvalue weighted by atomic mass is 32.2. The number of rotatable bonds is 10. The normalized spacial score (nSPS) is 14.7. The summed E-state index contributed by atoms with van der Waals surface area (Å²) in [4.78, 5) is 10.00. The van der Waals surface area contributed by atoms with E-state index in [0.29, 0.717) is 12.1 Å². The molecule has 1 rings (SSSR count). The van der Waals surface area contributed by atoms with Crippen molar-refractivity contribution >= 4 is 15.9 Å². The number of halogens is 12. The summed E-state index contributed by atoms with van der Waals surface area (Å²) >= 11 is 0. The Bertz CT molecular complexity index is 942. The number of carbonyl (C=O) groups is 1. The van der Waals surface area contributed by atoms with Crippen molar-refractivity contribution in [2.45, 2.75) is 47.9 Å². The van der Waals surface area contributed by atoms with Gasteiger partial charge in [0.25, 0.3) is 10.1 Å². The third-order valence-corrected chi connectivity index (χ3v) is 5.16. The first kappa shape index (κ1) is 28.0. The Hall–Kier alpha value is -2.04. The molecule has 1 aromatic carbocycles. The Balaban J connectivity index is 3.24. The smallest absolute Gasteiger partial charge is 0.295 e. The van der Waals surface area contributed by atoms with Crippen LogP contribution < -0.4 is 0 Å². The first-order valence-electron chi connectivity index (χ1n) is 7.74. The van der Waals surface area contributed by atoms with Crippen LogP contribution in [0.1, 0.15) is 17.3 Å². The molecule has 4 nitrogen and oxygen atoms in total. The van der Waals surface area contributed by atoms with Crippen molar-refractivity contribution in [1.82, 2.24) is 0 Å². The highest BCUT2D eigenvalue weighted by Gasteiger charge is 2.87. The molecule has 0 bridgehead atoms. The maximum absolute atomic E-state index is 13.6. The van der Waals surface area contributed by atoms with Gasteiger partial charge >= 0.3 is 36.0 Å². The lowest BCUT2D eigenvalue weighted by Crippen LogP contribution is -2.69.